The highest BCUT2D eigenvalue weighted by Crippen LogP contribution is 2.30. The summed E-state index contributed by atoms with van der Waals surface area (Å²) in [6.45, 7) is 4.46. The molecule has 150 valence electrons. The van der Waals surface area contributed by atoms with Crippen molar-refractivity contribution in [2.45, 2.75) is 13.8 Å². The van der Waals surface area contributed by atoms with Gasteiger partial charge in [0.05, 0.1) is 32.3 Å². The van der Waals surface area contributed by atoms with Crippen LogP contribution < -0.4 is 19.7 Å². The second-order valence-corrected chi connectivity index (χ2v) is 6.37. The van der Waals surface area contributed by atoms with E-state index in [1.807, 2.05) is 50.2 Å². The fourth-order valence-corrected chi connectivity index (χ4v) is 2.92. The van der Waals surface area contributed by atoms with Crippen molar-refractivity contribution in [3.63, 3.8) is 0 Å². The fraction of sp³-hybridized carbons (Fsp3) is 0.227. The van der Waals surface area contributed by atoms with Gasteiger partial charge >= 0.3 is 0 Å². The van der Waals surface area contributed by atoms with Crippen molar-refractivity contribution >= 4 is 23.1 Å². The molecule has 3 aromatic rings. The summed E-state index contributed by atoms with van der Waals surface area (Å²) >= 11 is 0. The summed E-state index contributed by atoms with van der Waals surface area (Å²) in [5.41, 5.74) is 2.93. The van der Waals surface area contributed by atoms with Crippen LogP contribution in [0.15, 0.2) is 54.9 Å². The number of aryl methyl sites for hydroxylation is 1. The number of ether oxygens (including phenoxy) is 2. The lowest BCUT2D eigenvalue weighted by atomic mass is 10.2. The van der Waals surface area contributed by atoms with Crippen LogP contribution in [-0.2, 0) is 0 Å². The van der Waals surface area contributed by atoms with Gasteiger partial charge in [-0.05, 0) is 43.7 Å². The van der Waals surface area contributed by atoms with Gasteiger partial charge in [-0.25, -0.2) is 9.97 Å². The molecule has 0 aliphatic carbocycles. The first-order chi connectivity index (χ1) is 14.0. The molecule has 7 heteroatoms. The van der Waals surface area contributed by atoms with E-state index >= 15 is 0 Å². The topological polar surface area (TPSA) is 76.6 Å². The Bertz CT molecular complexity index is 990. The number of carbonyl (C=O) groups excluding carboxylic acids is 1. The number of benzene rings is 2. The van der Waals surface area contributed by atoms with Gasteiger partial charge in [0.2, 0.25) is 0 Å². The zero-order chi connectivity index (χ0) is 20.8. The highest BCUT2D eigenvalue weighted by molar-refractivity contribution is 6.04. The molecule has 0 fully saturated rings. The van der Waals surface area contributed by atoms with E-state index in [0.29, 0.717) is 23.9 Å². The van der Waals surface area contributed by atoms with Crippen LogP contribution in [0, 0.1) is 6.92 Å². The highest BCUT2D eigenvalue weighted by Gasteiger charge is 2.18. The Morgan fingerprint density at radius 3 is 2.52 bits per heavy atom. The van der Waals surface area contributed by atoms with Crippen LogP contribution in [0.4, 0.5) is 17.2 Å². The highest BCUT2D eigenvalue weighted by atomic mass is 16.5. The molecular weight excluding hydrogens is 368 g/mol. The lowest BCUT2D eigenvalue weighted by Gasteiger charge is -2.21. The molecule has 0 bridgehead atoms. The number of rotatable bonds is 7. The Kier molecular flexibility index (Phi) is 6.29. The van der Waals surface area contributed by atoms with E-state index in [0.717, 1.165) is 16.9 Å². The maximum atomic E-state index is 12.9. The minimum absolute atomic E-state index is 0.195. The molecule has 1 heterocycles. The monoisotopic (exact) mass is 392 g/mol. The molecule has 0 saturated heterocycles. The van der Waals surface area contributed by atoms with E-state index in [1.165, 1.54) is 12.4 Å². The number of hydrogen-bond donors (Lipinski definition) is 1. The van der Waals surface area contributed by atoms with Gasteiger partial charge in [0, 0.05) is 18.3 Å². The summed E-state index contributed by atoms with van der Waals surface area (Å²) in [4.78, 5) is 23.2. The van der Waals surface area contributed by atoms with Crippen molar-refractivity contribution in [2.24, 2.45) is 0 Å². The minimum Gasteiger partial charge on any atom is -0.497 e. The van der Waals surface area contributed by atoms with Crippen molar-refractivity contribution < 1.29 is 14.3 Å². The summed E-state index contributed by atoms with van der Waals surface area (Å²) in [6, 6.07) is 13.2. The fourth-order valence-electron chi connectivity index (χ4n) is 2.92. The van der Waals surface area contributed by atoms with Crippen molar-refractivity contribution in [3.8, 4) is 11.5 Å². The molecule has 1 amide bonds. The van der Waals surface area contributed by atoms with Crippen LogP contribution in [0.1, 0.15) is 23.0 Å². The Morgan fingerprint density at radius 2 is 1.90 bits per heavy atom. The van der Waals surface area contributed by atoms with Gasteiger partial charge in [-0.2, -0.15) is 0 Å². The number of amides is 1. The molecule has 0 aliphatic rings. The molecular formula is C22H24N4O3. The van der Waals surface area contributed by atoms with Crippen molar-refractivity contribution in [1.29, 1.82) is 0 Å². The van der Waals surface area contributed by atoms with Crippen molar-refractivity contribution in [3.05, 3.63) is 66.1 Å². The quantitative estimate of drug-likeness (QED) is 0.649. The van der Waals surface area contributed by atoms with E-state index in [2.05, 4.69) is 15.3 Å². The average molecular weight is 392 g/mol. The summed E-state index contributed by atoms with van der Waals surface area (Å²) in [5.74, 6) is 1.61. The number of methoxy groups -OCH3 is 2. The Balaban J connectivity index is 1.78. The SMILES string of the molecule is CCN(C(=O)c1cnc(Nc2ccc(OC)cc2OC)cn1)c1cccc(C)c1. The van der Waals surface area contributed by atoms with Gasteiger partial charge < -0.3 is 19.7 Å². The number of anilines is 3. The minimum atomic E-state index is -0.195. The molecule has 0 unspecified atom stereocenters. The number of nitrogens with one attached hydrogen (secondary N) is 1. The van der Waals surface area contributed by atoms with Crippen molar-refractivity contribution in [1.82, 2.24) is 9.97 Å². The van der Waals surface area contributed by atoms with Crippen molar-refractivity contribution in [2.75, 3.05) is 31.0 Å². The predicted octanol–water partition coefficient (Wildman–Crippen LogP) is 4.21. The predicted molar refractivity (Wildman–Crippen MR) is 113 cm³/mol. The van der Waals surface area contributed by atoms with Gasteiger partial charge in [-0.3, -0.25) is 4.79 Å². The molecule has 7 nitrogen and oxygen atoms in total. The third-order valence-corrected chi connectivity index (χ3v) is 4.42. The van der Waals surface area contributed by atoms with Crippen LogP contribution in [0.5, 0.6) is 11.5 Å². The second-order valence-electron chi connectivity index (χ2n) is 6.37. The largest absolute Gasteiger partial charge is 0.497 e. The normalized spacial score (nSPS) is 10.3. The number of hydrogen-bond acceptors (Lipinski definition) is 6. The van der Waals surface area contributed by atoms with Gasteiger partial charge in [0.15, 0.2) is 0 Å². The lowest BCUT2D eigenvalue weighted by molar-refractivity contribution is 0.0983. The lowest BCUT2D eigenvalue weighted by Crippen LogP contribution is -2.31. The number of nitrogens with zero attached hydrogens (tertiary/aromatic N) is 3. The number of carbonyl (C=O) groups is 1. The second kappa shape index (κ2) is 9.05. The summed E-state index contributed by atoms with van der Waals surface area (Å²) < 4.78 is 10.6. The molecule has 0 saturated carbocycles. The smallest absolute Gasteiger partial charge is 0.278 e. The molecule has 0 atom stereocenters. The molecule has 1 N–H and O–H groups in total. The van der Waals surface area contributed by atoms with Crippen LogP contribution in [-0.4, -0.2) is 36.6 Å². The Morgan fingerprint density at radius 1 is 1.07 bits per heavy atom. The van der Waals surface area contributed by atoms with Crippen LogP contribution in [0.2, 0.25) is 0 Å². The maximum absolute atomic E-state index is 12.9. The zero-order valence-electron chi connectivity index (χ0n) is 17.0. The third-order valence-electron chi connectivity index (χ3n) is 4.42. The summed E-state index contributed by atoms with van der Waals surface area (Å²) in [6.07, 6.45) is 3.00. The first-order valence-corrected chi connectivity index (χ1v) is 9.25. The standard InChI is InChI=1S/C22H24N4O3/c1-5-26(16-8-6-7-15(2)11-16)22(27)19-13-24-21(14-23-19)25-18-10-9-17(28-3)12-20(18)29-4/h6-14H,5H2,1-4H3,(H,24,25). The molecule has 29 heavy (non-hydrogen) atoms. The van der Waals surface area contributed by atoms with Crippen LogP contribution in [0.3, 0.4) is 0 Å². The van der Waals surface area contributed by atoms with Crippen LogP contribution >= 0.6 is 0 Å². The molecule has 0 aliphatic heterocycles. The average Bonchev–Trinajstić information content (AvgIpc) is 2.75. The summed E-state index contributed by atoms with van der Waals surface area (Å²) in [5, 5.41) is 3.14. The van der Waals surface area contributed by atoms with Gasteiger partial charge in [0.1, 0.15) is 23.0 Å². The van der Waals surface area contributed by atoms with E-state index in [9.17, 15) is 4.79 Å². The first kappa shape index (κ1) is 20.1. The molecule has 1 aromatic heterocycles. The van der Waals surface area contributed by atoms with Gasteiger partial charge in [0.25, 0.3) is 5.91 Å². The molecule has 0 radical (unpaired) electrons. The van der Waals surface area contributed by atoms with Gasteiger partial charge in [-0.15, -0.1) is 0 Å². The van der Waals surface area contributed by atoms with Gasteiger partial charge in [-0.1, -0.05) is 12.1 Å². The Labute approximate surface area is 170 Å². The summed E-state index contributed by atoms with van der Waals surface area (Å²) in [7, 11) is 3.18. The van der Waals surface area contributed by atoms with Crippen LogP contribution in [0.25, 0.3) is 0 Å². The molecule has 0 spiro atoms. The number of aromatic nitrogens is 2. The van der Waals surface area contributed by atoms with E-state index in [-0.39, 0.29) is 11.6 Å². The van der Waals surface area contributed by atoms with E-state index in [4.69, 9.17) is 9.47 Å². The third kappa shape index (κ3) is 4.63. The first-order valence-electron chi connectivity index (χ1n) is 9.25. The zero-order valence-corrected chi connectivity index (χ0v) is 17.0. The maximum Gasteiger partial charge on any atom is 0.278 e. The van der Waals surface area contributed by atoms with E-state index < -0.39 is 0 Å². The van der Waals surface area contributed by atoms with E-state index in [1.54, 1.807) is 25.2 Å². The Hall–Kier alpha value is -3.61. The molecule has 3 rings (SSSR count). The molecule has 2 aromatic carbocycles.